The fourth-order valence-electron chi connectivity index (χ4n) is 4.73. The Kier molecular flexibility index (Phi) is 6.32. The van der Waals surface area contributed by atoms with Crippen LogP contribution in [0.4, 0.5) is 0 Å². The summed E-state index contributed by atoms with van der Waals surface area (Å²) in [7, 11) is 1.59. The molecule has 2 heterocycles. The van der Waals surface area contributed by atoms with Gasteiger partial charge in [-0.15, -0.1) is 0 Å². The average Bonchev–Trinajstić information content (AvgIpc) is 3.19. The van der Waals surface area contributed by atoms with E-state index >= 15 is 0 Å². The summed E-state index contributed by atoms with van der Waals surface area (Å²) in [6.07, 6.45) is 3.33. The largest absolute Gasteiger partial charge is 0.497 e. The fourth-order valence-corrected chi connectivity index (χ4v) is 4.73. The average molecular weight is 457 g/mol. The molecule has 1 fully saturated rings. The number of ketones is 1. The molecule has 0 amide bonds. The molecule has 0 aliphatic carbocycles. The van der Waals surface area contributed by atoms with E-state index in [2.05, 4.69) is 35.2 Å². The van der Waals surface area contributed by atoms with Crippen molar-refractivity contribution in [3.63, 3.8) is 0 Å². The lowest BCUT2D eigenvalue weighted by molar-refractivity contribution is 0.103. The van der Waals surface area contributed by atoms with Crippen molar-refractivity contribution < 1.29 is 13.9 Å². The maximum atomic E-state index is 12.9. The molecule has 0 unspecified atom stereocenters. The molecule has 0 radical (unpaired) electrons. The third kappa shape index (κ3) is 4.68. The van der Waals surface area contributed by atoms with Gasteiger partial charge in [-0.25, -0.2) is 4.79 Å². The van der Waals surface area contributed by atoms with E-state index in [9.17, 15) is 9.59 Å². The predicted molar refractivity (Wildman–Crippen MR) is 131 cm³/mol. The number of hydrogen-bond acceptors (Lipinski definition) is 5. The molecule has 1 aliphatic heterocycles. The molecule has 3 aromatic carbocycles. The second kappa shape index (κ2) is 9.69. The van der Waals surface area contributed by atoms with Gasteiger partial charge in [0.2, 0.25) is 0 Å². The lowest BCUT2D eigenvalue weighted by Gasteiger charge is -2.31. The Labute approximate surface area is 198 Å². The van der Waals surface area contributed by atoms with Gasteiger partial charge in [-0.2, -0.15) is 0 Å². The van der Waals surface area contributed by atoms with Crippen LogP contribution in [0.1, 0.15) is 34.3 Å². The first-order chi connectivity index (χ1) is 16.6. The van der Waals surface area contributed by atoms with E-state index in [0.29, 0.717) is 40.6 Å². The van der Waals surface area contributed by atoms with Gasteiger partial charge in [0.15, 0.2) is 11.4 Å². The quantitative estimate of drug-likeness (QED) is 0.376. The number of methoxy groups -OCH3 is 1. The van der Waals surface area contributed by atoms with Crippen LogP contribution in [0, 0.1) is 5.92 Å². The van der Waals surface area contributed by atoms with Crippen molar-refractivity contribution in [1.82, 2.24) is 9.47 Å². The second-order valence-corrected chi connectivity index (χ2v) is 8.93. The standard InChI is InChI=1S/C28H28N2O4/c1-33-24-10-7-22(8-11-24)27(31)23-9-12-25-26(18-23)34-28(32)30(25)19-29-15-13-21(14-16-29)17-20-5-3-2-4-6-20/h2-12,18,21H,13-17,19H2,1H3. The Morgan fingerprint density at radius 1 is 0.971 bits per heavy atom. The summed E-state index contributed by atoms with van der Waals surface area (Å²) in [6.45, 7) is 2.39. The Hall–Kier alpha value is -3.64. The molecule has 1 aromatic heterocycles. The summed E-state index contributed by atoms with van der Waals surface area (Å²) >= 11 is 0. The van der Waals surface area contributed by atoms with Crippen molar-refractivity contribution >= 4 is 16.9 Å². The number of benzene rings is 3. The maximum Gasteiger partial charge on any atom is 0.421 e. The van der Waals surface area contributed by atoms with Crippen molar-refractivity contribution in [2.75, 3.05) is 20.2 Å². The number of piperidine rings is 1. The highest BCUT2D eigenvalue weighted by Gasteiger charge is 2.22. The first kappa shape index (κ1) is 22.2. The molecule has 0 N–H and O–H groups in total. The van der Waals surface area contributed by atoms with Crippen LogP contribution in [-0.2, 0) is 13.1 Å². The number of carbonyl (C=O) groups is 1. The van der Waals surface area contributed by atoms with Crippen LogP contribution in [0.3, 0.4) is 0 Å². The topological polar surface area (TPSA) is 64.7 Å². The maximum absolute atomic E-state index is 12.9. The smallest absolute Gasteiger partial charge is 0.421 e. The number of carbonyl (C=O) groups excluding carboxylic acids is 1. The Morgan fingerprint density at radius 3 is 2.38 bits per heavy atom. The Bertz CT molecular complexity index is 1330. The molecule has 6 nitrogen and oxygen atoms in total. The molecule has 0 saturated carbocycles. The zero-order valence-corrected chi connectivity index (χ0v) is 19.3. The lowest BCUT2D eigenvalue weighted by atomic mass is 9.90. The van der Waals surface area contributed by atoms with Crippen LogP contribution in [0.25, 0.3) is 11.1 Å². The summed E-state index contributed by atoms with van der Waals surface area (Å²) in [6, 6.07) is 22.8. The first-order valence-corrected chi connectivity index (χ1v) is 11.7. The lowest BCUT2D eigenvalue weighted by Crippen LogP contribution is -2.37. The van der Waals surface area contributed by atoms with Crippen molar-refractivity contribution in [2.24, 2.45) is 5.92 Å². The van der Waals surface area contributed by atoms with Crippen molar-refractivity contribution in [2.45, 2.75) is 25.9 Å². The number of aromatic nitrogens is 1. The molecular weight excluding hydrogens is 428 g/mol. The summed E-state index contributed by atoms with van der Waals surface area (Å²) < 4.78 is 12.3. The van der Waals surface area contributed by atoms with Crippen LogP contribution >= 0.6 is 0 Å². The Balaban J connectivity index is 1.27. The van der Waals surface area contributed by atoms with Crippen LogP contribution in [0.5, 0.6) is 5.75 Å². The van der Waals surface area contributed by atoms with Gasteiger partial charge >= 0.3 is 5.76 Å². The SMILES string of the molecule is COc1ccc(C(=O)c2ccc3c(c2)oc(=O)n3CN2CCC(Cc3ccccc3)CC2)cc1. The van der Waals surface area contributed by atoms with Crippen LogP contribution in [-0.4, -0.2) is 35.4 Å². The number of oxazole rings is 1. The summed E-state index contributed by atoms with van der Waals surface area (Å²) in [5.74, 6) is 0.845. The number of nitrogens with zero attached hydrogens (tertiary/aromatic N) is 2. The molecule has 0 bridgehead atoms. The highest BCUT2D eigenvalue weighted by Crippen LogP contribution is 2.24. The zero-order valence-electron chi connectivity index (χ0n) is 19.3. The number of hydrogen-bond donors (Lipinski definition) is 0. The van der Waals surface area contributed by atoms with E-state index in [4.69, 9.17) is 9.15 Å². The van der Waals surface area contributed by atoms with Gasteiger partial charge in [0.1, 0.15) is 5.75 Å². The predicted octanol–water partition coefficient (Wildman–Crippen LogP) is 4.75. The van der Waals surface area contributed by atoms with Crippen molar-refractivity contribution in [1.29, 1.82) is 0 Å². The van der Waals surface area contributed by atoms with Crippen LogP contribution in [0.2, 0.25) is 0 Å². The first-order valence-electron chi connectivity index (χ1n) is 11.7. The second-order valence-electron chi connectivity index (χ2n) is 8.93. The molecule has 0 atom stereocenters. The highest BCUT2D eigenvalue weighted by molar-refractivity contribution is 6.10. The monoisotopic (exact) mass is 456 g/mol. The van der Waals surface area contributed by atoms with Gasteiger partial charge in [0.25, 0.3) is 0 Å². The highest BCUT2D eigenvalue weighted by atomic mass is 16.5. The van der Waals surface area contributed by atoms with Gasteiger partial charge in [-0.3, -0.25) is 14.3 Å². The molecule has 1 saturated heterocycles. The molecular formula is C28H28N2O4. The molecule has 5 rings (SSSR count). The molecule has 0 spiro atoms. The zero-order chi connectivity index (χ0) is 23.5. The normalized spacial score (nSPS) is 15.0. The van der Waals surface area contributed by atoms with E-state index in [1.807, 2.05) is 0 Å². The molecule has 1 aliphatic rings. The summed E-state index contributed by atoms with van der Waals surface area (Å²) in [5, 5.41) is 0. The van der Waals surface area contributed by atoms with E-state index in [1.165, 1.54) is 5.56 Å². The molecule has 174 valence electrons. The number of fused-ring (bicyclic) bond motifs is 1. The number of likely N-dealkylation sites (tertiary alicyclic amines) is 1. The molecule has 6 heteroatoms. The molecule has 34 heavy (non-hydrogen) atoms. The van der Waals surface area contributed by atoms with Gasteiger partial charge in [0, 0.05) is 24.2 Å². The van der Waals surface area contributed by atoms with Gasteiger partial charge in [0.05, 0.1) is 19.3 Å². The minimum absolute atomic E-state index is 0.125. The molecule has 4 aromatic rings. The van der Waals surface area contributed by atoms with E-state index in [1.54, 1.807) is 54.1 Å². The minimum atomic E-state index is -0.393. The van der Waals surface area contributed by atoms with Crippen LogP contribution < -0.4 is 10.5 Å². The van der Waals surface area contributed by atoms with Crippen LogP contribution in [0.15, 0.2) is 82.0 Å². The third-order valence-electron chi connectivity index (χ3n) is 6.70. The summed E-state index contributed by atoms with van der Waals surface area (Å²) in [4.78, 5) is 27.8. The number of rotatable bonds is 7. The Morgan fingerprint density at radius 2 is 1.68 bits per heavy atom. The fraction of sp³-hybridized carbons (Fsp3) is 0.286. The van der Waals surface area contributed by atoms with Gasteiger partial charge in [-0.1, -0.05) is 30.3 Å². The summed E-state index contributed by atoms with van der Waals surface area (Å²) in [5.41, 5.74) is 3.57. The van der Waals surface area contributed by atoms with E-state index in [-0.39, 0.29) is 5.78 Å². The third-order valence-corrected chi connectivity index (χ3v) is 6.70. The van der Waals surface area contributed by atoms with Gasteiger partial charge < -0.3 is 9.15 Å². The van der Waals surface area contributed by atoms with Crippen molar-refractivity contribution in [3.8, 4) is 5.75 Å². The van der Waals surface area contributed by atoms with Gasteiger partial charge in [-0.05, 0) is 73.2 Å². The van der Waals surface area contributed by atoms with E-state index in [0.717, 1.165) is 32.4 Å². The van der Waals surface area contributed by atoms with E-state index < -0.39 is 5.76 Å². The van der Waals surface area contributed by atoms with Crippen molar-refractivity contribution in [3.05, 3.63) is 100 Å². The number of ether oxygens (including phenoxy) is 1. The minimum Gasteiger partial charge on any atom is -0.497 e.